The maximum Gasteiger partial charge on any atom is 0.188 e. The third-order valence-electron chi connectivity index (χ3n) is 8.26. The van der Waals surface area contributed by atoms with Gasteiger partial charge in [-0.3, -0.25) is 4.99 Å². The lowest BCUT2D eigenvalue weighted by molar-refractivity contribution is -0.603. The van der Waals surface area contributed by atoms with E-state index in [0.717, 1.165) is 59.7 Å². The largest absolute Gasteiger partial charge is 0.619 e. The van der Waals surface area contributed by atoms with Crippen molar-refractivity contribution in [3.63, 3.8) is 0 Å². The number of rotatable bonds is 7. The molecule has 0 aliphatic heterocycles. The summed E-state index contributed by atoms with van der Waals surface area (Å²) in [6.07, 6.45) is 3.98. The van der Waals surface area contributed by atoms with E-state index >= 15 is 0 Å². The van der Waals surface area contributed by atoms with Crippen molar-refractivity contribution in [2.45, 2.75) is 16.4 Å². The Bertz CT molecular complexity index is 2220. The van der Waals surface area contributed by atoms with Crippen molar-refractivity contribution in [3.8, 4) is 28.0 Å². The summed E-state index contributed by atoms with van der Waals surface area (Å²) in [6, 6.07) is 44.2. The molecule has 244 valence electrons. The lowest BCUT2D eigenvalue weighted by Gasteiger charge is -2.20. The summed E-state index contributed by atoms with van der Waals surface area (Å²) in [7, 11) is 0. The number of fused-ring (bicyclic) bond motifs is 2. The number of aliphatic hydroxyl groups is 1. The van der Waals surface area contributed by atoms with Gasteiger partial charge in [-0.25, -0.2) is 0 Å². The molecule has 0 unspecified atom stereocenters. The second-order valence-electron chi connectivity index (χ2n) is 11.3. The van der Waals surface area contributed by atoms with Gasteiger partial charge < -0.3 is 15.4 Å². The van der Waals surface area contributed by atoms with Crippen molar-refractivity contribution in [1.29, 1.82) is 0 Å². The minimum Gasteiger partial charge on any atom is -0.619 e. The first-order chi connectivity index (χ1) is 23.8. The van der Waals surface area contributed by atoms with Crippen LogP contribution in [0.15, 0.2) is 157 Å². The Morgan fingerprint density at radius 3 is 1.92 bits per heavy atom. The van der Waals surface area contributed by atoms with Crippen molar-refractivity contribution in [1.82, 2.24) is 0 Å². The smallest absolute Gasteiger partial charge is 0.188 e. The number of aromatic nitrogens is 1. The molecular formula is C41H31Cl3N2O3. The highest BCUT2D eigenvalue weighted by Gasteiger charge is 2.22. The molecule has 0 fully saturated rings. The van der Waals surface area contributed by atoms with Crippen molar-refractivity contribution in [2.24, 2.45) is 4.99 Å². The van der Waals surface area contributed by atoms with E-state index < -0.39 is 16.4 Å². The van der Waals surface area contributed by atoms with Crippen LogP contribution < -0.4 is 4.73 Å². The fraction of sp³-hybridized carbons (Fsp3) is 0.0732. The Morgan fingerprint density at radius 2 is 1.22 bits per heavy atom. The van der Waals surface area contributed by atoms with Crippen LogP contribution in [0.5, 0.6) is 5.75 Å². The van der Waals surface area contributed by atoms with Crippen molar-refractivity contribution in [3.05, 3.63) is 174 Å². The third kappa shape index (κ3) is 7.88. The average Bonchev–Trinajstić information content (AvgIpc) is 3.12. The molecule has 49 heavy (non-hydrogen) atoms. The van der Waals surface area contributed by atoms with E-state index in [2.05, 4.69) is 18.2 Å². The first kappa shape index (κ1) is 34.0. The Labute approximate surface area is 299 Å². The number of nitrogens with zero attached hydrogens (tertiary/aromatic N) is 2. The monoisotopic (exact) mass is 704 g/mol. The molecule has 0 spiro atoms. The van der Waals surface area contributed by atoms with Crippen molar-refractivity contribution < 1.29 is 14.9 Å². The van der Waals surface area contributed by atoms with E-state index in [-0.39, 0.29) is 5.75 Å². The van der Waals surface area contributed by atoms with Crippen LogP contribution in [0.2, 0.25) is 0 Å². The van der Waals surface area contributed by atoms with Gasteiger partial charge in [-0.05, 0) is 56.8 Å². The van der Waals surface area contributed by atoms with Crippen LogP contribution in [-0.4, -0.2) is 20.7 Å². The van der Waals surface area contributed by atoms with Crippen molar-refractivity contribution >= 4 is 62.6 Å². The van der Waals surface area contributed by atoms with Gasteiger partial charge in [0.1, 0.15) is 17.9 Å². The zero-order valence-corrected chi connectivity index (χ0v) is 28.3. The molecule has 1 aromatic heterocycles. The molecule has 5 nitrogen and oxygen atoms in total. The zero-order valence-electron chi connectivity index (χ0n) is 26.1. The summed E-state index contributed by atoms with van der Waals surface area (Å²) < 4.78 is 0.112. The Balaban J connectivity index is 0.000000989. The molecule has 2 atom stereocenters. The fourth-order valence-electron chi connectivity index (χ4n) is 6.07. The number of pyridine rings is 1. The van der Waals surface area contributed by atoms with Gasteiger partial charge in [-0.1, -0.05) is 156 Å². The number of aliphatic imine (C=N–C) groups is 1. The van der Waals surface area contributed by atoms with Crippen molar-refractivity contribution in [2.75, 3.05) is 0 Å². The number of phenolic OH excluding ortho intramolecular Hbond substituents is 1. The number of aliphatic hydroxyl groups excluding tert-OH is 1. The fourth-order valence-corrected chi connectivity index (χ4v) is 6.07. The van der Waals surface area contributed by atoms with E-state index in [1.807, 2.05) is 115 Å². The first-order valence-corrected chi connectivity index (χ1v) is 16.8. The van der Waals surface area contributed by atoms with Gasteiger partial charge in [0.05, 0.1) is 5.56 Å². The molecule has 1 heterocycles. The molecule has 0 amide bonds. The molecule has 2 N–H and O–H groups in total. The Hall–Kier alpha value is -4.91. The van der Waals surface area contributed by atoms with Crippen LogP contribution in [0.3, 0.4) is 0 Å². The highest BCUT2D eigenvalue weighted by atomic mass is 35.6. The number of aromatic hydroxyl groups is 1. The van der Waals surface area contributed by atoms with E-state index in [1.54, 1.807) is 24.7 Å². The number of alkyl halides is 3. The van der Waals surface area contributed by atoms with Gasteiger partial charge in [0, 0.05) is 22.6 Å². The SMILES string of the molecule is ClC(Cl)Cl.[O-][n+]1cc(-c2cccc3cccc(-c4ccc(O)c(C=N[C@H](c5ccccc5)[C@@H](O)c5ccccc5)c4)c23)c2ccccc2c1. The lowest BCUT2D eigenvalue weighted by Crippen LogP contribution is -2.24. The first-order valence-electron chi connectivity index (χ1n) is 15.5. The number of benzene rings is 6. The summed E-state index contributed by atoms with van der Waals surface area (Å²) in [5.74, 6) is 0.0884. The third-order valence-corrected chi connectivity index (χ3v) is 8.26. The van der Waals surface area contributed by atoms with Crippen LogP contribution >= 0.6 is 34.8 Å². The van der Waals surface area contributed by atoms with E-state index in [1.165, 1.54) is 0 Å². The molecule has 0 saturated carbocycles. The Kier molecular flexibility index (Phi) is 10.8. The molecule has 0 bridgehead atoms. The highest BCUT2D eigenvalue weighted by molar-refractivity contribution is 6.63. The predicted octanol–water partition coefficient (Wildman–Crippen LogP) is 10.5. The molecule has 7 rings (SSSR count). The van der Waals surface area contributed by atoms with Crippen LogP contribution in [0.25, 0.3) is 43.8 Å². The summed E-state index contributed by atoms with van der Waals surface area (Å²) >= 11 is 14.4. The van der Waals surface area contributed by atoms with E-state index in [4.69, 9.17) is 39.8 Å². The van der Waals surface area contributed by atoms with E-state index in [0.29, 0.717) is 5.56 Å². The maximum atomic E-state index is 12.7. The molecule has 0 aliphatic carbocycles. The summed E-state index contributed by atoms with van der Waals surface area (Å²) in [5.41, 5.74) is 5.81. The maximum absolute atomic E-state index is 12.7. The van der Waals surface area contributed by atoms with Crippen LogP contribution in [-0.2, 0) is 0 Å². The Morgan fingerprint density at radius 1 is 0.633 bits per heavy atom. The number of hydrogen-bond donors (Lipinski definition) is 2. The van der Waals surface area contributed by atoms with Gasteiger partial charge in [0.15, 0.2) is 16.7 Å². The van der Waals surface area contributed by atoms with Gasteiger partial charge in [0.2, 0.25) is 0 Å². The predicted molar refractivity (Wildman–Crippen MR) is 202 cm³/mol. The van der Waals surface area contributed by atoms with Crippen LogP contribution in [0, 0.1) is 5.21 Å². The molecule has 7 aromatic rings. The number of halogens is 3. The van der Waals surface area contributed by atoms with Gasteiger partial charge >= 0.3 is 0 Å². The quantitative estimate of drug-likeness (QED) is 0.0750. The van der Waals surface area contributed by atoms with Gasteiger partial charge in [-0.2, -0.15) is 4.73 Å². The lowest BCUT2D eigenvalue weighted by atomic mass is 9.90. The summed E-state index contributed by atoms with van der Waals surface area (Å²) in [5, 5.41) is 38.9. The number of phenols is 1. The molecule has 6 aromatic carbocycles. The highest BCUT2D eigenvalue weighted by Crippen LogP contribution is 2.40. The topological polar surface area (TPSA) is 79.8 Å². The second-order valence-corrected chi connectivity index (χ2v) is 13.3. The molecular weight excluding hydrogens is 675 g/mol. The molecule has 0 aliphatic rings. The second kappa shape index (κ2) is 15.5. The van der Waals surface area contributed by atoms with E-state index in [9.17, 15) is 15.4 Å². The summed E-state index contributed by atoms with van der Waals surface area (Å²) in [6.45, 7) is 0. The van der Waals surface area contributed by atoms with Crippen LogP contribution in [0.1, 0.15) is 28.8 Å². The van der Waals surface area contributed by atoms with Gasteiger partial charge in [0.25, 0.3) is 0 Å². The minimum atomic E-state index is -0.875. The molecule has 8 heteroatoms. The summed E-state index contributed by atoms with van der Waals surface area (Å²) in [4.78, 5) is 4.83. The number of hydrogen-bond acceptors (Lipinski definition) is 4. The average molecular weight is 706 g/mol. The molecule has 0 radical (unpaired) electrons. The minimum absolute atomic E-state index is 0.0884. The molecule has 0 saturated heterocycles. The standard InChI is InChI=1S/C40H30N2O3.CHCl3/c43-37-22-21-30(23-32(37)24-41-39(28-11-3-1-4-12-28)40(44)29-13-5-2-6-14-29)34-19-9-16-27-17-10-20-35(38(27)34)36-26-42(45)25-31-15-7-8-18-33(31)36;2-1(3)4/h1-26,39-40,43-44H;1H/t39-,40+;/m1./s1. The van der Waals surface area contributed by atoms with Crippen LogP contribution in [0.4, 0.5) is 0 Å². The normalized spacial score (nSPS) is 12.6. The van der Waals surface area contributed by atoms with Gasteiger partial charge in [-0.15, -0.1) is 0 Å². The zero-order chi connectivity index (χ0) is 34.3.